The van der Waals surface area contributed by atoms with Gasteiger partial charge in [0.1, 0.15) is 11.6 Å². The first-order valence-electron chi connectivity index (χ1n) is 8.03. The van der Waals surface area contributed by atoms with E-state index >= 15 is 0 Å². The van der Waals surface area contributed by atoms with Crippen LogP contribution >= 0.6 is 0 Å². The van der Waals surface area contributed by atoms with Crippen LogP contribution in [0.25, 0.3) is 0 Å². The summed E-state index contributed by atoms with van der Waals surface area (Å²) in [5.41, 5.74) is 0.965. The number of aryl methyl sites for hydroxylation is 1. The van der Waals surface area contributed by atoms with Gasteiger partial charge in [0, 0.05) is 51.5 Å². The Morgan fingerprint density at radius 2 is 2.14 bits per heavy atom. The van der Waals surface area contributed by atoms with Crippen LogP contribution in [0.15, 0.2) is 6.07 Å². The van der Waals surface area contributed by atoms with Crippen LogP contribution < -0.4 is 4.90 Å². The number of hydrogen-bond acceptors (Lipinski definition) is 5. The summed E-state index contributed by atoms with van der Waals surface area (Å²) in [4.78, 5) is 24.7. The Morgan fingerprint density at radius 3 is 2.82 bits per heavy atom. The van der Waals surface area contributed by atoms with E-state index in [-0.39, 0.29) is 18.4 Å². The van der Waals surface area contributed by atoms with Crippen molar-refractivity contribution in [1.29, 1.82) is 0 Å². The van der Waals surface area contributed by atoms with Crippen molar-refractivity contribution < 1.29 is 9.90 Å². The number of piperidine rings is 1. The summed E-state index contributed by atoms with van der Waals surface area (Å²) in [7, 11) is 0. The van der Waals surface area contributed by atoms with Crippen molar-refractivity contribution in [2.45, 2.75) is 32.6 Å². The van der Waals surface area contributed by atoms with Crippen LogP contribution in [0.4, 0.5) is 5.82 Å². The molecule has 0 radical (unpaired) electrons. The maximum Gasteiger partial charge on any atom is 0.219 e. The van der Waals surface area contributed by atoms with Crippen LogP contribution in [0.5, 0.6) is 0 Å². The highest BCUT2D eigenvalue weighted by Crippen LogP contribution is 2.28. The monoisotopic (exact) mass is 304 g/mol. The maximum atomic E-state index is 11.3. The van der Waals surface area contributed by atoms with Gasteiger partial charge in [-0.05, 0) is 25.7 Å². The summed E-state index contributed by atoms with van der Waals surface area (Å²) in [5.74, 6) is 2.51. The molecule has 0 bridgehead atoms. The highest BCUT2D eigenvalue weighted by atomic mass is 16.3. The molecule has 3 heterocycles. The lowest BCUT2D eigenvalue weighted by molar-refractivity contribution is -0.133. The van der Waals surface area contributed by atoms with E-state index in [1.807, 2.05) is 17.9 Å². The van der Waals surface area contributed by atoms with Crippen molar-refractivity contribution in [3.8, 4) is 0 Å². The number of carbonyl (C=O) groups is 1. The van der Waals surface area contributed by atoms with Gasteiger partial charge in [-0.1, -0.05) is 0 Å². The highest BCUT2D eigenvalue weighted by Gasteiger charge is 2.32. The van der Waals surface area contributed by atoms with Crippen molar-refractivity contribution in [3.05, 3.63) is 17.6 Å². The van der Waals surface area contributed by atoms with Crippen LogP contribution in [-0.2, 0) is 4.79 Å². The summed E-state index contributed by atoms with van der Waals surface area (Å²) in [6, 6.07) is 2.02. The molecule has 0 unspecified atom stereocenters. The number of carbonyl (C=O) groups excluding carboxylic acids is 1. The highest BCUT2D eigenvalue weighted by molar-refractivity contribution is 5.74. The molecule has 22 heavy (non-hydrogen) atoms. The summed E-state index contributed by atoms with van der Waals surface area (Å²) >= 11 is 0. The van der Waals surface area contributed by atoms with Gasteiger partial charge in [0.05, 0.1) is 5.92 Å². The number of likely N-dealkylation sites (tertiary alicyclic amines) is 1. The predicted molar refractivity (Wildman–Crippen MR) is 83.8 cm³/mol. The first-order chi connectivity index (χ1) is 10.6. The summed E-state index contributed by atoms with van der Waals surface area (Å²) in [5, 5.41) is 9.38. The number of aliphatic hydroxyl groups excluding tert-OH is 1. The molecule has 1 aromatic rings. The molecule has 2 aliphatic rings. The van der Waals surface area contributed by atoms with Gasteiger partial charge in [0.15, 0.2) is 0 Å². The fourth-order valence-electron chi connectivity index (χ4n) is 3.24. The van der Waals surface area contributed by atoms with Crippen molar-refractivity contribution in [3.63, 3.8) is 0 Å². The maximum absolute atomic E-state index is 11.3. The van der Waals surface area contributed by atoms with Crippen LogP contribution in [-0.4, -0.2) is 58.7 Å². The SMILES string of the molecule is CC(=O)N1CC(c2nc(C)cc(N3CCC[C@@H](CO)C3)n2)C1. The Hall–Kier alpha value is -1.69. The minimum Gasteiger partial charge on any atom is -0.396 e. The number of nitrogens with zero attached hydrogens (tertiary/aromatic N) is 4. The average molecular weight is 304 g/mol. The lowest BCUT2D eigenvalue weighted by atomic mass is 9.98. The quantitative estimate of drug-likeness (QED) is 0.900. The standard InChI is InChI=1S/C16H24N4O2/c1-11-6-15(19-5-3-4-13(7-19)10-21)18-16(17-11)14-8-20(9-14)12(2)22/h6,13-14,21H,3-5,7-10H2,1-2H3/t13-/m1/s1. The molecule has 0 spiro atoms. The van der Waals surface area contributed by atoms with Crippen LogP contribution in [0.2, 0.25) is 0 Å². The first kappa shape index (κ1) is 15.2. The van der Waals surface area contributed by atoms with Crippen LogP contribution in [0.3, 0.4) is 0 Å². The molecule has 3 rings (SSSR count). The molecular weight excluding hydrogens is 280 g/mol. The second kappa shape index (κ2) is 6.20. The molecule has 0 aliphatic carbocycles. The van der Waals surface area contributed by atoms with Crippen LogP contribution in [0.1, 0.15) is 37.2 Å². The molecule has 1 aromatic heterocycles. The summed E-state index contributed by atoms with van der Waals surface area (Å²) in [6.45, 7) is 7.11. The fourth-order valence-corrected chi connectivity index (χ4v) is 3.24. The molecule has 1 atom stereocenters. The number of aromatic nitrogens is 2. The Bertz CT molecular complexity index is 557. The Labute approximate surface area is 131 Å². The minimum absolute atomic E-state index is 0.117. The average Bonchev–Trinajstić information content (AvgIpc) is 2.45. The smallest absolute Gasteiger partial charge is 0.219 e. The summed E-state index contributed by atoms with van der Waals surface area (Å²) < 4.78 is 0. The number of amides is 1. The predicted octanol–water partition coefficient (Wildman–Crippen LogP) is 0.939. The molecule has 6 heteroatoms. The third-order valence-corrected chi connectivity index (χ3v) is 4.65. The molecule has 2 saturated heterocycles. The van der Waals surface area contributed by atoms with E-state index in [0.717, 1.165) is 56.4 Å². The number of aliphatic hydroxyl groups is 1. The second-order valence-corrected chi connectivity index (χ2v) is 6.48. The van der Waals surface area contributed by atoms with Crippen molar-refractivity contribution in [2.24, 2.45) is 5.92 Å². The van der Waals surface area contributed by atoms with E-state index in [0.29, 0.717) is 5.92 Å². The minimum atomic E-state index is 0.117. The molecule has 0 saturated carbocycles. The number of hydrogen-bond donors (Lipinski definition) is 1. The zero-order valence-electron chi connectivity index (χ0n) is 13.3. The van der Waals surface area contributed by atoms with E-state index in [1.165, 1.54) is 0 Å². The molecule has 6 nitrogen and oxygen atoms in total. The fraction of sp³-hybridized carbons (Fsp3) is 0.688. The van der Waals surface area contributed by atoms with Crippen LogP contribution in [0, 0.1) is 12.8 Å². The Balaban J connectivity index is 1.74. The third kappa shape index (κ3) is 3.06. The molecule has 1 amide bonds. The largest absolute Gasteiger partial charge is 0.396 e. The molecule has 2 fully saturated rings. The van der Waals surface area contributed by atoms with E-state index in [1.54, 1.807) is 6.92 Å². The van der Waals surface area contributed by atoms with Gasteiger partial charge in [-0.3, -0.25) is 4.79 Å². The van der Waals surface area contributed by atoms with Gasteiger partial charge in [-0.15, -0.1) is 0 Å². The normalized spacial score (nSPS) is 22.6. The van der Waals surface area contributed by atoms with Gasteiger partial charge >= 0.3 is 0 Å². The van der Waals surface area contributed by atoms with E-state index < -0.39 is 0 Å². The third-order valence-electron chi connectivity index (χ3n) is 4.65. The van der Waals surface area contributed by atoms with Gasteiger partial charge in [-0.25, -0.2) is 9.97 Å². The van der Waals surface area contributed by atoms with Gasteiger partial charge in [-0.2, -0.15) is 0 Å². The first-order valence-corrected chi connectivity index (χ1v) is 8.03. The lowest BCUT2D eigenvalue weighted by Gasteiger charge is -2.38. The molecule has 120 valence electrons. The zero-order valence-corrected chi connectivity index (χ0v) is 13.3. The van der Waals surface area contributed by atoms with E-state index in [9.17, 15) is 9.90 Å². The Kier molecular flexibility index (Phi) is 4.29. The molecule has 1 N–H and O–H groups in total. The van der Waals surface area contributed by atoms with Gasteiger partial charge in [0.2, 0.25) is 5.91 Å². The van der Waals surface area contributed by atoms with Crippen molar-refractivity contribution >= 4 is 11.7 Å². The molecule has 2 aliphatic heterocycles. The number of rotatable bonds is 3. The van der Waals surface area contributed by atoms with Crippen molar-refractivity contribution in [1.82, 2.24) is 14.9 Å². The van der Waals surface area contributed by atoms with Gasteiger partial charge < -0.3 is 14.9 Å². The topological polar surface area (TPSA) is 69.6 Å². The summed E-state index contributed by atoms with van der Waals surface area (Å²) in [6.07, 6.45) is 2.17. The van der Waals surface area contributed by atoms with E-state index in [2.05, 4.69) is 9.88 Å². The van der Waals surface area contributed by atoms with Gasteiger partial charge in [0.25, 0.3) is 0 Å². The molecular formula is C16H24N4O2. The van der Waals surface area contributed by atoms with Crippen molar-refractivity contribution in [2.75, 3.05) is 37.7 Å². The molecule has 0 aromatic carbocycles. The Morgan fingerprint density at radius 1 is 1.36 bits per heavy atom. The number of anilines is 1. The second-order valence-electron chi connectivity index (χ2n) is 6.48. The van der Waals surface area contributed by atoms with E-state index in [4.69, 9.17) is 4.98 Å². The zero-order chi connectivity index (χ0) is 15.7. The lowest BCUT2D eigenvalue weighted by Crippen LogP contribution is -2.48.